The van der Waals surface area contributed by atoms with Crippen molar-refractivity contribution in [3.63, 3.8) is 0 Å². The quantitative estimate of drug-likeness (QED) is 0.477. The molecular formula is C17H31N5O. The van der Waals surface area contributed by atoms with Gasteiger partial charge in [0, 0.05) is 13.6 Å². The van der Waals surface area contributed by atoms with Crippen LogP contribution in [0.2, 0.25) is 0 Å². The van der Waals surface area contributed by atoms with Crippen LogP contribution in [0.4, 0.5) is 0 Å². The van der Waals surface area contributed by atoms with E-state index in [9.17, 15) is 0 Å². The maximum absolute atomic E-state index is 5.56. The number of aryl methyl sites for hydroxylation is 2. The van der Waals surface area contributed by atoms with Crippen molar-refractivity contribution >= 4 is 5.96 Å². The Morgan fingerprint density at radius 3 is 2.65 bits per heavy atom. The molecule has 0 atom stereocenters. The number of likely N-dealkylation sites (tertiary alicyclic amines) is 1. The highest BCUT2D eigenvalue weighted by Gasteiger charge is 2.14. The largest absolute Gasteiger partial charge is 0.444 e. The lowest BCUT2D eigenvalue weighted by molar-refractivity contribution is 0.191. The molecule has 1 aromatic heterocycles. The van der Waals surface area contributed by atoms with Crippen molar-refractivity contribution in [3.8, 4) is 0 Å². The van der Waals surface area contributed by atoms with Gasteiger partial charge in [-0.25, -0.2) is 4.98 Å². The van der Waals surface area contributed by atoms with E-state index in [-0.39, 0.29) is 0 Å². The van der Waals surface area contributed by atoms with Crippen molar-refractivity contribution in [2.45, 2.75) is 46.6 Å². The summed E-state index contributed by atoms with van der Waals surface area (Å²) in [5.74, 6) is 3.27. The minimum absolute atomic E-state index is 0.554. The molecule has 1 aliphatic heterocycles. The Hall–Kier alpha value is -1.56. The zero-order valence-electron chi connectivity index (χ0n) is 15.0. The number of guanidine groups is 1. The summed E-state index contributed by atoms with van der Waals surface area (Å²) in [6.07, 6.45) is 3.81. The molecule has 1 fully saturated rings. The zero-order chi connectivity index (χ0) is 16.7. The molecule has 2 N–H and O–H groups in total. The molecule has 6 heteroatoms. The Balaban J connectivity index is 1.61. The summed E-state index contributed by atoms with van der Waals surface area (Å²) in [5, 5.41) is 6.59. The first-order valence-electron chi connectivity index (χ1n) is 8.68. The minimum Gasteiger partial charge on any atom is -0.444 e. The predicted octanol–water partition coefficient (Wildman–Crippen LogP) is 2.08. The molecule has 1 saturated heterocycles. The summed E-state index contributed by atoms with van der Waals surface area (Å²) >= 11 is 0. The van der Waals surface area contributed by atoms with Crippen LogP contribution in [0.1, 0.15) is 43.5 Å². The van der Waals surface area contributed by atoms with Crippen molar-refractivity contribution in [1.82, 2.24) is 20.5 Å². The summed E-state index contributed by atoms with van der Waals surface area (Å²) in [6, 6.07) is 0. The molecule has 0 aliphatic carbocycles. The molecule has 0 spiro atoms. The normalized spacial score (nSPS) is 17.5. The molecule has 0 bridgehead atoms. The molecule has 1 aromatic rings. The van der Waals surface area contributed by atoms with Gasteiger partial charge in [0.15, 0.2) is 5.96 Å². The number of aromatic nitrogens is 1. The average Bonchev–Trinajstić information content (AvgIpc) is 2.87. The van der Waals surface area contributed by atoms with Gasteiger partial charge in [-0.3, -0.25) is 4.99 Å². The SMILES string of the molecule is CN=C(NCCCN1CCC(C)CC1)NCc1nc(C)c(C)o1. The molecule has 1 aliphatic rings. The van der Waals surface area contributed by atoms with E-state index in [1.165, 1.54) is 25.9 Å². The van der Waals surface area contributed by atoms with Crippen LogP contribution in [-0.4, -0.2) is 49.1 Å². The monoisotopic (exact) mass is 321 g/mol. The highest BCUT2D eigenvalue weighted by molar-refractivity contribution is 5.79. The van der Waals surface area contributed by atoms with Gasteiger partial charge in [0.25, 0.3) is 0 Å². The number of aliphatic imine (C=N–C) groups is 1. The van der Waals surface area contributed by atoms with Crippen LogP contribution in [0.3, 0.4) is 0 Å². The number of piperidine rings is 1. The summed E-state index contributed by atoms with van der Waals surface area (Å²) in [6.45, 7) is 11.4. The molecule has 0 radical (unpaired) electrons. The third-order valence-corrected chi connectivity index (χ3v) is 4.52. The van der Waals surface area contributed by atoms with Crippen LogP contribution in [0, 0.1) is 19.8 Å². The van der Waals surface area contributed by atoms with E-state index in [4.69, 9.17) is 4.42 Å². The number of oxazole rings is 1. The second kappa shape index (κ2) is 8.91. The molecule has 0 amide bonds. The Bertz CT molecular complexity index is 484. The van der Waals surface area contributed by atoms with Crippen LogP contribution in [0.25, 0.3) is 0 Å². The number of nitrogens with one attached hydrogen (secondary N) is 2. The zero-order valence-corrected chi connectivity index (χ0v) is 15.0. The van der Waals surface area contributed by atoms with Gasteiger partial charge in [-0.15, -0.1) is 0 Å². The topological polar surface area (TPSA) is 65.7 Å². The van der Waals surface area contributed by atoms with Crippen LogP contribution < -0.4 is 10.6 Å². The van der Waals surface area contributed by atoms with Crippen LogP contribution in [0.5, 0.6) is 0 Å². The van der Waals surface area contributed by atoms with E-state index in [1.54, 1.807) is 7.05 Å². The van der Waals surface area contributed by atoms with Crippen molar-refractivity contribution in [2.75, 3.05) is 33.2 Å². The van der Waals surface area contributed by atoms with E-state index in [0.29, 0.717) is 12.4 Å². The highest BCUT2D eigenvalue weighted by atomic mass is 16.4. The van der Waals surface area contributed by atoms with Crippen LogP contribution in [0.15, 0.2) is 9.41 Å². The van der Waals surface area contributed by atoms with Gasteiger partial charge in [0.2, 0.25) is 5.89 Å². The summed E-state index contributed by atoms with van der Waals surface area (Å²) in [4.78, 5) is 11.2. The van der Waals surface area contributed by atoms with Gasteiger partial charge in [-0.1, -0.05) is 6.92 Å². The smallest absolute Gasteiger partial charge is 0.214 e. The van der Waals surface area contributed by atoms with E-state index in [0.717, 1.165) is 42.8 Å². The average molecular weight is 321 g/mol. The predicted molar refractivity (Wildman–Crippen MR) is 93.6 cm³/mol. The Kier molecular flexibility index (Phi) is 6.89. The lowest BCUT2D eigenvalue weighted by atomic mass is 9.99. The van der Waals surface area contributed by atoms with E-state index in [2.05, 4.69) is 32.4 Å². The van der Waals surface area contributed by atoms with Gasteiger partial charge < -0.3 is 20.0 Å². The molecule has 2 heterocycles. The van der Waals surface area contributed by atoms with Crippen molar-refractivity contribution < 1.29 is 4.42 Å². The summed E-state index contributed by atoms with van der Waals surface area (Å²) < 4.78 is 5.56. The number of nitrogens with zero attached hydrogens (tertiary/aromatic N) is 3. The highest BCUT2D eigenvalue weighted by Crippen LogP contribution is 2.15. The molecule has 130 valence electrons. The van der Waals surface area contributed by atoms with Gasteiger partial charge in [0.05, 0.1) is 12.2 Å². The fraction of sp³-hybridized carbons (Fsp3) is 0.765. The standard InChI is InChI=1S/C17H31N5O/c1-13-6-10-22(11-7-13)9-5-8-19-17(18-4)20-12-16-21-14(2)15(3)23-16/h13H,5-12H2,1-4H3,(H2,18,19,20). The first kappa shape index (κ1) is 17.8. The van der Waals surface area contributed by atoms with Crippen molar-refractivity contribution in [1.29, 1.82) is 0 Å². The maximum Gasteiger partial charge on any atom is 0.214 e. The third kappa shape index (κ3) is 5.86. The van der Waals surface area contributed by atoms with E-state index in [1.807, 2.05) is 13.8 Å². The van der Waals surface area contributed by atoms with Crippen molar-refractivity contribution in [2.24, 2.45) is 10.9 Å². The van der Waals surface area contributed by atoms with Crippen molar-refractivity contribution in [3.05, 3.63) is 17.3 Å². The Morgan fingerprint density at radius 2 is 2.04 bits per heavy atom. The first-order chi connectivity index (χ1) is 11.1. The fourth-order valence-corrected chi connectivity index (χ4v) is 2.79. The fourth-order valence-electron chi connectivity index (χ4n) is 2.79. The molecule has 0 unspecified atom stereocenters. The Morgan fingerprint density at radius 1 is 1.30 bits per heavy atom. The van der Waals surface area contributed by atoms with Crippen LogP contribution >= 0.6 is 0 Å². The number of rotatable bonds is 6. The van der Waals surface area contributed by atoms with Crippen LogP contribution in [-0.2, 0) is 6.54 Å². The summed E-state index contributed by atoms with van der Waals surface area (Å²) in [7, 11) is 1.79. The number of hydrogen-bond acceptors (Lipinski definition) is 4. The molecular weight excluding hydrogens is 290 g/mol. The second-order valence-electron chi connectivity index (χ2n) is 6.48. The molecule has 23 heavy (non-hydrogen) atoms. The molecule has 2 rings (SSSR count). The second-order valence-corrected chi connectivity index (χ2v) is 6.48. The van der Waals surface area contributed by atoms with E-state index >= 15 is 0 Å². The number of hydrogen-bond donors (Lipinski definition) is 2. The first-order valence-corrected chi connectivity index (χ1v) is 8.68. The molecule has 6 nitrogen and oxygen atoms in total. The van der Waals surface area contributed by atoms with Gasteiger partial charge >= 0.3 is 0 Å². The summed E-state index contributed by atoms with van der Waals surface area (Å²) in [5.41, 5.74) is 0.945. The van der Waals surface area contributed by atoms with Gasteiger partial charge in [0.1, 0.15) is 5.76 Å². The minimum atomic E-state index is 0.554. The third-order valence-electron chi connectivity index (χ3n) is 4.52. The molecule has 0 aromatic carbocycles. The lowest BCUT2D eigenvalue weighted by Crippen LogP contribution is -2.39. The van der Waals surface area contributed by atoms with Gasteiger partial charge in [-0.05, 0) is 58.7 Å². The van der Waals surface area contributed by atoms with Gasteiger partial charge in [-0.2, -0.15) is 0 Å². The van der Waals surface area contributed by atoms with E-state index < -0.39 is 0 Å². The lowest BCUT2D eigenvalue weighted by Gasteiger charge is -2.30. The maximum atomic E-state index is 5.56. The molecule has 0 saturated carbocycles. The Labute approximate surface area is 139 Å².